The van der Waals surface area contributed by atoms with Gasteiger partial charge in [-0.15, -0.1) is 0 Å². The van der Waals surface area contributed by atoms with Gasteiger partial charge in [-0.1, -0.05) is 24.0 Å². The van der Waals surface area contributed by atoms with E-state index in [1.165, 1.54) is 19.3 Å². The lowest BCUT2D eigenvalue weighted by Crippen LogP contribution is -2.44. The van der Waals surface area contributed by atoms with Crippen LogP contribution < -0.4 is 4.74 Å². The van der Waals surface area contributed by atoms with E-state index in [9.17, 15) is 24.6 Å². The monoisotopic (exact) mass is 475 g/mol. The third-order valence-corrected chi connectivity index (χ3v) is 5.56. The number of aromatic hydroxyl groups is 1. The molecule has 11 heteroatoms. The summed E-state index contributed by atoms with van der Waals surface area (Å²) in [6.07, 6.45) is 0.820. The topological polar surface area (TPSA) is 124 Å². The number of phenols is 1. The van der Waals surface area contributed by atoms with Gasteiger partial charge >= 0.3 is 11.9 Å². The number of benzene rings is 1. The van der Waals surface area contributed by atoms with E-state index in [1.807, 2.05) is 0 Å². The van der Waals surface area contributed by atoms with Crippen molar-refractivity contribution in [2.45, 2.75) is 18.9 Å². The summed E-state index contributed by atoms with van der Waals surface area (Å²) in [5.74, 6) is -3.02. The Morgan fingerprint density at radius 3 is 2.63 bits per heavy atom. The maximum atomic E-state index is 12.7. The van der Waals surface area contributed by atoms with E-state index in [2.05, 4.69) is 15.9 Å². The van der Waals surface area contributed by atoms with Crippen molar-refractivity contribution in [1.29, 1.82) is 0 Å². The summed E-state index contributed by atoms with van der Waals surface area (Å²) in [4.78, 5) is 36.0. The highest BCUT2D eigenvalue weighted by Crippen LogP contribution is 2.39. The van der Waals surface area contributed by atoms with Crippen LogP contribution in [0, 0.1) is 0 Å². The van der Waals surface area contributed by atoms with Gasteiger partial charge in [0.1, 0.15) is 10.4 Å². The highest BCUT2D eigenvalue weighted by atomic mass is 79.9. The SMILES string of the molecule is COc1cc(/C=C2\SC(=S)N([C@H](CCC(=O)O)C(=O)O)C2=O)cc(Br)c1O. The van der Waals surface area contributed by atoms with Crippen molar-refractivity contribution >= 4 is 68.2 Å². The number of nitrogens with zero attached hydrogens (tertiary/aromatic N) is 1. The van der Waals surface area contributed by atoms with Crippen LogP contribution in [-0.4, -0.2) is 55.5 Å². The van der Waals surface area contributed by atoms with E-state index in [0.717, 1.165) is 16.7 Å². The third kappa shape index (κ3) is 4.79. The zero-order valence-corrected chi connectivity index (χ0v) is 17.1. The Morgan fingerprint density at radius 1 is 1.41 bits per heavy atom. The number of ether oxygens (including phenoxy) is 1. The van der Waals surface area contributed by atoms with E-state index >= 15 is 0 Å². The van der Waals surface area contributed by atoms with Crippen molar-refractivity contribution in [3.05, 3.63) is 27.1 Å². The number of rotatable bonds is 7. The second-order valence-electron chi connectivity index (χ2n) is 5.39. The molecule has 8 nitrogen and oxygen atoms in total. The standard InChI is InChI=1S/C16H14BrNO7S2/c1-25-10-5-7(4-8(17)13(10)21)6-11-14(22)18(16(26)27-11)9(15(23)24)2-3-12(19)20/h4-6,9,21H,2-3H2,1H3,(H,19,20)(H,23,24)/b11-6-/t9-/m1/s1. The molecule has 0 saturated carbocycles. The molecule has 1 aromatic carbocycles. The summed E-state index contributed by atoms with van der Waals surface area (Å²) in [5.41, 5.74) is 0.523. The summed E-state index contributed by atoms with van der Waals surface area (Å²) in [7, 11) is 1.38. The number of hydrogen-bond acceptors (Lipinski definition) is 7. The van der Waals surface area contributed by atoms with Crippen molar-refractivity contribution in [1.82, 2.24) is 4.90 Å². The molecule has 1 heterocycles. The number of amides is 1. The molecule has 0 bridgehead atoms. The lowest BCUT2D eigenvalue weighted by atomic mass is 10.1. The molecule has 1 aromatic rings. The molecule has 0 aromatic heterocycles. The molecule has 0 spiro atoms. The predicted octanol–water partition coefficient (Wildman–Crippen LogP) is 2.68. The molecule has 27 heavy (non-hydrogen) atoms. The molecule has 3 N–H and O–H groups in total. The van der Waals surface area contributed by atoms with E-state index in [1.54, 1.807) is 6.07 Å². The van der Waals surface area contributed by atoms with E-state index in [0.29, 0.717) is 10.0 Å². The van der Waals surface area contributed by atoms with Gasteiger partial charge in [0.05, 0.1) is 16.5 Å². The largest absolute Gasteiger partial charge is 0.503 e. The second kappa shape index (κ2) is 8.72. The van der Waals surface area contributed by atoms with Crippen LogP contribution in [0.2, 0.25) is 0 Å². The Morgan fingerprint density at radius 2 is 2.07 bits per heavy atom. The summed E-state index contributed by atoms with van der Waals surface area (Å²) < 4.78 is 5.44. The van der Waals surface area contributed by atoms with Crippen LogP contribution in [0.4, 0.5) is 0 Å². The first kappa shape index (κ1) is 21.2. The highest BCUT2D eigenvalue weighted by Gasteiger charge is 2.40. The Labute approximate surface area is 171 Å². The Bertz CT molecular complexity index is 855. The van der Waals surface area contributed by atoms with Crippen LogP contribution in [0.1, 0.15) is 18.4 Å². The summed E-state index contributed by atoms with van der Waals surface area (Å²) in [6.45, 7) is 0. The van der Waals surface area contributed by atoms with Crippen LogP contribution in [0.5, 0.6) is 11.5 Å². The molecule has 0 radical (unpaired) electrons. The highest BCUT2D eigenvalue weighted by molar-refractivity contribution is 9.10. The minimum Gasteiger partial charge on any atom is -0.503 e. The molecule has 144 valence electrons. The van der Waals surface area contributed by atoms with Gasteiger partial charge in [-0.2, -0.15) is 0 Å². The first-order valence-electron chi connectivity index (χ1n) is 7.43. The van der Waals surface area contributed by atoms with Gasteiger partial charge in [-0.25, -0.2) is 4.79 Å². The van der Waals surface area contributed by atoms with Gasteiger partial charge in [0.2, 0.25) is 0 Å². The average molecular weight is 476 g/mol. The zero-order chi connectivity index (χ0) is 20.3. The van der Waals surface area contributed by atoms with Crippen molar-refractivity contribution in [2.24, 2.45) is 0 Å². The van der Waals surface area contributed by atoms with Gasteiger partial charge in [-0.3, -0.25) is 14.5 Å². The number of thiocarbonyl (C=S) groups is 1. The van der Waals surface area contributed by atoms with Gasteiger partial charge in [0, 0.05) is 6.42 Å². The quantitative estimate of drug-likeness (QED) is 0.403. The number of hydrogen-bond donors (Lipinski definition) is 3. The summed E-state index contributed by atoms with van der Waals surface area (Å²) >= 11 is 9.23. The Hall–Kier alpha value is -2.11. The molecule has 1 aliphatic heterocycles. The molecule has 1 saturated heterocycles. The fourth-order valence-electron chi connectivity index (χ4n) is 2.36. The third-order valence-electron chi connectivity index (χ3n) is 3.62. The molecule has 0 unspecified atom stereocenters. The van der Waals surface area contributed by atoms with Crippen molar-refractivity contribution in [3.63, 3.8) is 0 Å². The first-order valence-corrected chi connectivity index (χ1v) is 9.45. The van der Waals surface area contributed by atoms with Crippen LogP contribution in [0.15, 0.2) is 21.5 Å². The molecule has 1 fully saturated rings. The number of methoxy groups -OCH3 is 1. The Kier molecular flexibility index (Phi) is 6.84. The smallest absolute Gasteiger partial charge is 0.326 e. The second-order valence-corrected chi connectivity index (χ2v) is 7.92. The number of carboxylic acid groups (broad SMARTS) is 2. The predicted molar refractivity (Wildman–Crippen MR) is 106 cm³/mol. The molecule has 0 aliphatic carbocycles. The fourth-order valence-corrected chi connectivity index (χ4v) is 4.17. The van der Waals surface area contributed by atoms with Crippen LogP contribution in [-0.2, 0) is 14.4 Å². The number of carbonyl (C=O) groups excluding carboxylic acids is 1. The molecule has 1 amide bonds. The minimum atomic E-state index is -1.36. The van der Waals surface area contributed by atoms with Crippen LogP contribution >= 0.6 is 39.9 Å². The lowest BCUT2D eigenvalue weighted by Gasteiger charge is -2.22. The normalized spacial score (nSPS) is 16.7. The van der Waals surface area contributed by atoms with Crippen molar-refractivity contribution in [2.75, 3.05) is 7.11 Å². The number of thioether (sulfide) groups is 1. The first-order chi connectivity index (χ1) is 12.6. The average Bonchev–Trinajstić information content (AvgIpc) is 2.85. The summed E-state index contributed by atoms with van der Waals surface area (Å²) in [6, 6.07) is 1.70. The van der Waals surface area contributed by atoms with Gasteiger partial charge in [-0.05, 0) is 46.1 Å². The lowest BCUT2D eigenvalue weighted by molar-refractivity contribution is -0.146. The molecular weight excluding hydrogens is 462 g/mol. The van der Waals surface area contributed by atoms with E-state index in [-0.39, 0.29) is 27.1 Å². The number of carbonyl (C=O) groups is 3. The molecule has 2 rings (SSSR count). The van der Waals surface area contributed by atoms with Crippen molar-refractivity contribution in [3.8, 4) is 11.5 Å². The zero-order valence-electron chi connectivity index (χ0n) is 13.8. The number of carboxylic acids is 2. The summed E-state index contributed by atoms with van der Waals surface area (Å²) in [5, 5.41) is 28.0. The van der Waals surface area contributed by atoms with E-state index < -0.39 is 30.3 Å². The van der Waals surface area contributed by atoms with Crippen LogP contribution in [0.3, 0.4) is 0 Å². The molecule has 1 aliphatic rings. The Balaban J connectivity index is 2.34. The van der Waals surface area contributed by atoms with Gasteiger partial charge in [0.15, 0.2) is 11.5 Å². The molecule has 1 atom stereocenters. The number of phenolic OH excluding ortho intramolecular Hbond substituents is 1. The van der Waals surface area contributed by atoms with Crippen molar-refractivity contribution < 1.29 is 34.4 Å². The van der Waals surface area contributed by atoms with Crippen LogP contribution in [0.25, 0.3) is 6.08 Å². The molecular formula is C16H14BrNO7S2. The maximum absolute atomic E-state index is 12.7. The fraction of sp³-hybridized carbons (Fsp3) is 0.250. The number of aliphatic carboxylic acids is 2. The number of halogens is 1. The van der Waals surface area contributed by atoms with Gasteiger partial charge < -0.3 is 20.1 Å². The minimum absolute atomic E-state index is 0.0360. The maximum Gasteiger partial charge on any atom is 0.326 e. The van der Waals surface area contributed by atoms with E-state index in [4.69, 9.17) is 22.1 Å². The van der Waals surface area contributed by atoms with Gasteiger partial charge in [0.25, 0.3) is 5.91 Å².